The predicted octanol–water partition coefficient (Wildman–Crippen LogP) is 3.68. The van der Waals surface area contributed by atoms with Crippen molar-refractivity contribution in [3.8, 4) is 11.1 Å². The average molecular weight is 576 g/mol. The van der Waals surface area contributed by atoms with Crippen molar-refractivity contribution in [3.05, 3.63) is 59.7 Å². The first kappa shape index (κ1) is 32.0. The van der Waals surface area contributed by atoms with Crippen molar-refractivity contribution in [2.75, 3.05) is 13.2 Å². The Balaban J connectivity index is 1.78. The van der Waals surface area contributed by atoms with E-state index in [0.29, 0.717) is 5.56 Å². The molecule has 41 heavy (non-hydrogen) atoms. The second-order valence-electron chi connectivity index (χ2n) is 12.3. The Morgan fingerprint density at radius 3 is 2.10 bits per heavy atom. The minimum atomic E-state index is -1.07. The van der Waals surface area contributed by atoms with Crippen LogP contribution in [0.5, 0.6) is 0 Å². The fourth-order valence-corrected chi connectivity index (χ4v) is 4.70. The van der Waals surface area contributed by atoms with E-state index < -0.39 is 71.4 Å². The molecule has 4 atom stereocenters. The van der Waals surface area contributed by atoms with Gasteiger partial charge in [-0.3, -0.25) is 9.59 Å². The molecule has 224 valence electrons. The number of β-amino-alcohol motifs (C(OH)–C–C–N with tert-alkyl or cyclic N) is 1. The van der Waals surface area contributed by atoms with Crippen LogP contribution < -0.4 is 10.6 Å². The molecule has 11 heteroatoms. The standard InChI is InChI=1S/C30H39F2N3O6/c1-29(2,3)25(34-28(40)41-30(4,5)6)27(39)35-15-19(37)14-23(35)26(38)33-22(16-36)17-10-12-18(13-11-17)24-20(31)8-7-9-21(24)32/h7-13,19,22-23,25,36-37H,14-16H2,1-6H3,(H,33,38)(H,34,40)/t19-,22+,23+,25-/m1/s1. The molecule has 1 aliphatic rings. The number of alkyl carbamates (subject to hydrolysis) is 1. The molecule has 2 aromatic rings. The van der Waals surface area contributed by atoms with E-state index in [1.807, 2.05) is 0 Å². The number of amides is 3. The lowest BCUT2D eigenvalue weighted by atomic mass is 9.85. The highest BCUT2D eigenvalue weighted by Gasteiger charge is 2.45. The van der Waals surface area contributed by atoms with Crippen molar-refractivity contribution in [2.24, 2.45) is 5.41 Å². The number of likely N-dealkylation sites (tertiary alicyclic amines) is 1. The smallest absolute Gasteiger partial charge is 0.408 e. The Hall–Kier alpha value is -3.57. The van der Waals surface area contributed by atoms with Crippen LogP contribution in [0.25, 0.3) is 11.1 Å². The molecule has 0 aromatic heterocycles. The second kappa shape index (κ2) is 12.5. The number of carbonyl (C=O) groups is 3. The van der Waals surface area contributed by atoms with Crippen LogP contribution >= 0.6 is 0 Å². The molecule has 0 unspecified atom stereocenters. The van der Waals surface area contributed by atoms with Gasteiger partial charge in [-0.1, -0.05) is 51.1 Å². The van der Waals surface area contributed by atoms with E-state index in [1.54, 1.807) is 41.5 Å². The summed E-state index contributed by atoms with van der Waals surface area (Å²) in [6.45, 7) is 9.75. The molecule has 9 nitrogen and oxygen atoms in total. The van der Waals surface area contributed by atoms with E-state index in [4.69, 9.17) is 4.74 Å². The minimum absolute atomic E-state index is 0.0372. The zero-order valence-electron chi connectivity index (χ0n) is 24.2. The molecule has 1 fully saturated rings. The maximum atomic E-state index is 14.2. The molecule has 3 amide bonds. The zero-order valence-corrected chi connectivity index (χ0v) is 24.2. The van der Waals surface area contributed by atoms with Gasteiger partial charge in [-0.05, 0) is 49.4 Å². The highest BCUT2D eigenvalue weighted by molar-refractivity contribution is 5.92. The number of rotatable bonds is 7. The summed E-state index contributed by atoms with van der Waals surface area (Å²) in [6, 6.07) is 6.60. The number of ether oxygens (including phenoxy) is 1. The molecule has 0 radical (unpaired) electrons. The minimum Gasteiger partial charge on any atom is -0.444 e. The molecule has 1 saturated heterocycles. The van der Waals surface area contributed by atoms with Crippen molar-refractivity contribution >= 4 is 17.9 Å². The topological polar surface area (TPSA) is 128 Å². The molecule has 3 rings (SSSR count). The van der Waals surface area contributed by atoms with E-state index >= 15 is 0 Å². The highest BCUT2D eigenvalue weighted by atomic mass is 19.1. The van der Waals surface area contributed by atoms with Crippen LogP contribution in [0.4, 0.5) is 13.6 Å². The van der Waals surface area contributed by atoms with E-state index in [9.17, 15) is 33.4 Å². The van der Waals surface area contributed by atoms with Gasteiger partial charge in [0.2, 0.25) is 11.8 Å². The van der Waals surface area contributed by atoms with Gasteiger partial charge in [0.05, 0.1) is 24.3 Å². The monoisotopic (exact) mass is 575 g/mol. The lowest BCUT2D eigenvalue weighted by molar-refractivity contribution is -0.142. The van der Waals surface area contributed by atoms with E-state index in [-0.39, 0.29) is 24.1 Å². The third-order valence-electron chi connectivity index (χ3n) is 6.70. The molecule has 2 aromatic carbocycles. The summed E-state index contributed by atoms with van der Waals surface area (Å²) in [4.78, 5) is 40.8. The van der Waals surface area contributed by atoms with Crippen LogP contribution in [-0.4, -0.2) is 70.0 Å². The van der Waals surface area contributed by atoms with Crippen LogP contribution in [0.15, 0.2) is 42.5 Å². The number of benzene rings is 2. The van der Waals surface area contributed by atoms with Gasteiger partial charge in [-0.15, -0.1) is 0 Å². The Morgan fingerprint density at radius 2 is 1.59 bits per heavy atom. The summed E-state index contributed by atoms with van der Waals surface area (Å²) in [5.41, 5.74) is -0.977. The van der Waals surface area contributed by atoms with Gasteiger partial charge in [-0.25, -0.2) is 13.6 Å². The van der Waals surface area contributed by atoms with Crippen LogP contribution in [0, 0.1) is 17.0 Å². The van der Waals surface area contributed by atoms with E-state index in [2.05, 4.69) is 10.6 Å². The SMILES string of the molecule is CC(C)(C)OC(=O)N[C@H](C(=O)N1C[C@H](O)C[C@H]1C(=O)N[C@@H](CO)c1ccc(-c2c(F)cccc2F)cc1)C(C)(C)C. The number of halogens is 2. The first-order valence-electron chi connectivity index (χ1n) is 13.5. The molecule has 0 spiro atoms. The number of aliphatic hydroxyl groups excluding tert-OH is 2. The average Bonchev–Trinajstić information content (AvgIpc) is 3.26. The van der Waals surface area contributed by atoms with Gasteiger partial charge in [-0.2, -0.15) is 0 Å². The van der Waals surface area contributed by atoms with Gasteiger partial charge in [0.25, 0.3) is 0 Å². The lowest BCUT2D eigenvalue weighted by Crippen LogP contribution is -2.58. The van der Waals surface area contributed by atoms with E-state index in [0.717, 1.165) is 12.1 Å². The summed E-state index contributed by atoms with van der Waals surface area (Å²) in [5.74, 6) is -2.60. The van der Waals surface area contributed by atoms with Crippen molar-refractivity contribution in [1.82, 2.24) is 15.5 Å². The van der Waals surface area contributed by atoms with Crippen molar-refractivity contribution < 1.29 is 38.1 Å². The fraction of sp³-hybridized carbons (Fsp3) is 0.500. The first-order chi connectivity index (χ1) is 19.0. The number of aliphatic hydroxyl groups is 2. The van der Waals surface area contributed by atoms with Crippen LogP contribution in [-0.2, 0) is 14.3 Å². The molecule has 1 heterocycles. The molecule has 0 saturated carbocycles. The maximum absolute atomic E-state index is 14.2. The van der Waals surface area contributed by atoms with Crippen LogP contribution in [0.2, 0.25) is 0 Å². The Bertz CT molecular complexity index is 1240. The highest BCUT2D eigenvalue weighted by Crippen LogP contribution is 2.29. The van der Waals surface area contributed by atoms with Gasteiger partial charge in [0.15, 0.2) is 0 Å². The van der Waals surface area contributed by atoms with Crippen LogP contribution in [0.3, 0.4) is 0 Å². The number of nitrogens with zero attached hydrogens (tertiary/aromatic N) is 1. The molecule has 0 bridgehead atoms. The Labute approximate surface area is 238 Å². The Morgan fingerprint density at radius 1 is 1.00 bits per heavy atom. The van der Waals surface area contributed by atoms with Gasteiger partial charge in [0, 0.05) is 13.0 Å². The van der Waals surface area contributed by atoms with Crippen molar-refractivity contribution in [3.63, 3.8) is 0 Å². The van der Waals surface area contributed by atoms with Gasteiger partial charge < -0.3 is 30.5 Å². The lowest BCUT2D eigenvalue weighted by Gasteiger charge is -2.36. The first-order valence-corrected chi connectivity index (χ1v) is 13.5. The number of carbonyl (C=O) groups excluding carboxylic acids is 3. The van der Waals surface area contributed by atoms with Gasteiger partial charge >= 0.3 is 6.09 Å². The molecular formula is C30H39F2N3O6. The zero-order chi connectivity index (χ0) is 30.7. The van der Waals surface area contributed by atoms with E-state index in [1.165, 1.54) is 35.2 Å². The summed E-state index contributed by atoms with van der Waals surface area (Å²) in [5, 5.41) is 25.7. The fourth-order valence-electron chi connectivity index (χ4n) is 4.70. The van der Waals surface area contributed by atoms with Gasteiger partial charge in [0.1, 0.15) is 29.3 Å². The largest absolute Gasteiger partial charge is 0.444 e. The quantitative estimate of drug-likeness (QED) is 0.399. The molecule has 0 aliphatic carbocycles. The predicted molar refractivity (Wildman–Crippen MR) is 149 cm³/mol. The second-order valence-corrected chi connectivity index (χ2v) is 12.3. The summed E-state index contributed by atoms with van der Waals surface area (Å²) in [6.07, 6.45) is -1.80. The van der Waals surface area contributed by atoms with Crippen molar-refractivity contribution in [2.45, 2.75) is 77.8 Å². The maximum Gasteiger partial charge on any atom is 0.408 e. The van der Waals surface area contributed by atoms with Crippen molar-refractivity contribution in [1.29, 1.82) is 0 Å². The molecule has 1 aliphatic heterocycles. The van der Waals surface area contributed by atoms with Crippen LogP contribution in [0.1, 0.15) is 59.6 Å². The number of nitrogens with one attached hydrogen (secondary N) is 2. The normalized spacial score (nSPS) is 18.9. The summed E-state index contributed by atoms with van der Waals surface area (Å²) in [7, 11) is 0. The number of hydrogen-bond donors (Lipinski definition) is 4. The Kier molecular flexibility index (Phi) is 9.76. The number of hydrogen-bond acceptors (Lipinski definition) is 6. The molecular weight excluding hydrogens is 536 g/mol. The summed E-state index contributed by atoms with van der Waals surface area (Å²) >= 11 is 0. The molecule has 4 N–H and O–H groups in total. The third kappa shape index (κ3) is 8.01. The summed E-state index contributed by atoms with van der Waals surface area (Å²) < 4.78 is 33.7. The third-order valence-corrected chi connectivity index (χ3v) is 6.70.